The van der Waals surface area contributed by atoms with Gasteiger partial charge in [0.1, 0.15) is 13.2 Å². The summed E-state index contributed by atoms with van der Waals surface area (Å²) >= 11 is 0. The summed E-state index contributed by atoms with van der Waals surface area (Å²) in [5.74, 6) is -2.28. The molecule has 79 heavy (non-hydrogen) atoms. The lowest BCUT2D eigenvalue weighted by Gasteiger charge is -2.26. The van der Waals surface area contributed by atoms with Crippen LogP contribution in [0.1, 0.15) is 284 Å². The fraction of sp³-hybridized carbons (Fsp3) is 0.757. The van der Waals surface area contributed by atoms with E-state index < -0.39 is 24.3 Å². The van der Waals surface area contributed by atoms with E-state index in [2.05, 4.69) is 98.9 Å². The average molecular weight is 1110 g/mol. The number of hydrogen-bond donors (Lipinski definition) is 0. The van der Waals surface area contributed by atoms with Crippen LogP contribution in [-0.4, -0.2) is 82.3 Å². The molecule has 0 spiro atoms. The molecular formula is C70H123NO8. The van der Waals surface area contributed by atoms with E-state index in [1.165, 1.54) is 173 Å². The van der Waals surface area contributed by atoms with Crippen molar-refractivity contribution in [3.63, 3.8) is 0 Å². The number of allylic oxidation sites excluding steroid dienone is 14. The summed E-state index contributed by atoms with van der Waals surface area (Å²) in [6, 6.07) is 0. The summed E-state index contributed by atoms with van der Waals surface area (Å²) in [7, 11) is 5.93. The fourth-order valence-electron chi connectivity index (χ4n) is 9.12. The van der Waals surface area contributed by atoms with Gasteiger partial charge in [-0.05, 0) is 89.9 Å². The number of quaternary nitrogens is 1. The van der Waals surface area contributed by atoms with E-state index in [1.54, 1.807) is 0 Å². The van der Waals surface area contributed by atoms with Crippen molar-refractivity contribution in [3.05, 3.63) is 85.1 Å². The van der Waals surface area contributed by atoms with Crippen LogP contribution >= 0.6 is 0 Å². The smallest absolute Gasteiger partial charge is 0.306 e. The van der Waals surface area contributed by atoms with Crippen molar-refractivity contribution in [2.75, 3.05) is 47.5 Å². The fourth-order valence-corrected chi connectivity index (χ4v) is 9.12. The maximum atomic E-state index is 12.9. The molecule has 456 valence electrons. The van der Waals surface area contributed by atoms with Crippen molar-refractivity contribution in [1.82, 2.24) is 0 Å². The lowest BCUT2D eigenvalue weighted by atomic mass is 10.0. The van der Waals surface area contributed by atoms with Gasteiger partial charge >= 0.3 is 11.9 Å². The second kappa shape index (κ2) is 60.6. The number of carboxylic acids is 1. The van der Waals surface area contributed by atoms with Crippen LogP contribution in [-0.2, 0) is 33.3 Å². The van der Waals surface area contributed by atoms with Gasteiger partial charge in [0, 0.05) is 12.8 Å². The molecule has 0 aliphatic carbocycles. The lowest BCUT2D eigenvalue weighted by molar-refractivity contribution is -0.870. The van der Waals surface area contributed by atoms with E-state index in [4.69, 9.17) is 18.9 Å². The van der Waals surface area contributed by atoms with Crippen LogP contribution in [0, 0.1) is 0 Å². The Morgan fingerprint density at radius 2 is 0.722 bits per heavy atom. The number of carbonyl (C=O) groups excluding carboxylic acids is 3. The topological polar surface area (TPSA) is 111 Å². The van der Waals surface area contributed by atoms with E-state index in [0.29, 0.717) is 17.4 Å². The highest BCUT2D eigenvalue weighted by Gasteiger charge is 2.22. The Bertz CT molecular complexity index is 1570. The summed E-state index contributed by atoms with van der Waals surface area (Å²) in [4.78, 5) is 37.4. The summed E-state index contributed by atoms with van der Waals surface area (Å²) in [5.41, 5.74) is 0. The van der Waals surface area contributed by atoms with Crippen LogP contribution in [0.25, 0.3) is 0 Å². The van der Waals surface area contributed by atoms with Gasteiger partial charge in [-0.15, -0.1) is 0 Å². The third-order valence-electron chi connectivity index (χ3n) is 14.1. The number of ether oxygens (including phenoxy) is 4. The Kier molecular flexibility index (Phi) is 57.9. The van der Waals surface area contributed by atoms with E-state index in [0.717, 1.165) is 77.0 Å². The Hall–Kier alpha value is -3.53. The molecule has 0 aromatic carbocycles. The van der Waals surface area contributed by atoms with Gasteiger partial charge in [0.15, 0.2) is 12.4 Å². The molecule has 0 saturated heterocycles. The van der Waals surface area contributed by atoms with Crippen molar-refractivity contribution >= 4 is 17.9 Å². The van der Waals surface area contributed by atoms with Crippen molar-refractivity contribution in [2.24, 2.45) is 0 Å². The summed E-state index contributed by atoms with van der Waals surface area (Å²) in [5, 5.41) is 11.8. The number of esters is 2. The van der Waals surface area contributed by atoms with Crippen LogP contribution < -0.4 is 5.11 Å². The number of likely N-dealkylation sites (N-methyl/N-ethyl adjacent to an activating group) is 1. The van der Waals surface area contributed by atoms with Crippen molar-refractivity contribution in [2.45, 2.75) is 296 Å². The predicted molar refractivity (Wildman–Crippen MR) is 334 cm³/mol. The van der Waals surface area contributed by atoms with Gasteiger partial charge in [-0.25, -0.2) is 0 Å². The summed E-state index contributed by atoms with van der Waals surface area (Å²) in [6.45, 7) is 4.65. The lowest BCUT2D eigenvalue weighted by Crippen LogP contribution is -2.44. The molecule has 2 unspecified atom stereocenters. The molecule has 0 amide bonds. The monoisotopic (exact) mass is 1110 g/mol. The Morgan fingerprint density at radius 1 is 0.392 bits per heavy atom. The van der Waals surface area contributed by atoms with Crippen molar-refractivity contribution in [1.29, 1.82) is 0 Å². The number of nitrogens with zero attached hydrogens (tertiary/aromatic N) is 1. The number of rotatable bonds is 60. The van der Waals surface area contributed by atoms with Gasteiger partial charge in [-0.3, -0.25) is 9.59 Å². The molecule has 0 fully saturated rings. The quantitative estimate of drug-likeness (QED) is 0.0195. The molecule has 0 aliphatic heterocycles. The summed E-state index contributed by atoms with van der Waals surface area (Å²) < 4.78 is 22.8. The number of aliphatic carboxylic acids is 1. The Balaban J connectivity index is 4.17. The first-order valence-corrected chi connectivity index (χ1v) is 32.7. The maximum Gasteiger partial charge on any atom is 0.306 e. The molecule has 0 aromatic rings. The van der Waals surface area contributed by atoms with Crippen LogP contribution in [0.5, 0.6) is 0 Å². The van der Waals surface area contributed by atoms with Crippen LogP contribution in [0.4, 0.5) is 0 Å². The van der Waals surface area contributed by atoms with E-state index in [9.17, 15) is 19.5 Å². The van der Waals surface area contributed by atoms with Gasteiger partial charge in [0.05, 0.1) is 40.3 Å². The van der Waals surface area contributed by atoms with Gasteiger partial charge < -0.3 is 33.3 Å². The summed E-state index contributed by atoms with van der Waals surface area (Å²) in [6.07, 6.45) is 77.8. The third-order valence-corrected chi connectivity index (χ3v) is 14.1. The molecule has 9 heteroatoms. The normalized spacial score (nSPS) is 13.3. The Morgan fingerprint density at radius 3 is 1.08 bits per heavy atom. The highest BCUT2D eigenvalue weighted by Crippen LogP contribution is 2.17. The Labute approximate surface area is 487 Å². The largest absolute Gasteiger partial charge is 0.545 e. The highest BCUT2D eigenvalue weighted by atomic mass is 16.7. The molecule has 0 aliphatic rings. The van der Waals surface area contributed by atoms with Crippen LogP contribution in [0.15, 0.2) is 85.1 Å². The SMILES string of the molecule is CC/C=C\C/C=C\C/C=C\C/C=C\CCCCCCCCCCCCCCCCC(=O)OC(COC(=O)CCCCCCCCCCCCCC/C=C\C/C=C\C/C=C\CCCCCCC)COC(OCC[N+](C)(C)C)C(=O)[O-]. The molecule has 0 rings (SSSR count). The zero-order valence-electron chi connectivity index (χ0n) is 52.0. The van der Waals surface area contributed by atoms with Crippen LogP contribution in [0.3, 0.4) is 0 Å². The van der Waals surface area contributed by atoms with Gasteiger partial charge in [-0.2, -0.15) is 0 Å². The number of unbranched alkanes of at least 4 members (excludes halogenated alkanes) is 31. The zero-order chi connectivity index (χ0) is 57.6. The molecule has 0 aromatic heterocycles. The minimum absolute atomic E-state index is 0.145. The number of carbonyl (C=O) groups is 3. The molecule has 9 nitrogen and oxygen atoms in total. The number of hydrogen-bond acceptors (Lipinski definition) is 8. The first-order valence-electron chi connectivity index (χ1n) is 32.7. The van der Waals surface area contributed by atoms with Gasteiger partial charge in [0.25, 0.3) is 0 Å². The zero-order valence-corrected chi connectivity index (χ0v) is 52.0. The molecule has 2 atom stereocenters. The second-order valence-corrected chi connectivity index (χ2v) is 23.0. The molecule has 0 radical (unpaired) electrons. The van der Waals surface area contributed by atoms with E-state index in [1.807, 2.05) is 21.1 Å². The standard InChI is InChI=1S/C70H123NO8/c1-6-8-10-12-14-16-18-20-22-24-26-28-30-32-34-36-38-40-42-44-46-48-50-52-54-56-58-60-67(72)77-64-66(65-78-70(69(74)75)76-63-62-71(3,4)5)79-68(73)61-59-57-55-53-51-49-47-45-43-41-39-37-35-33-31-29-27-25-23-21-19-17-15-13-11-9-7-2/h9,11,15,17-18,20-21,23-24,26-27,29-30,32,66,70H,6-8,10,12-14,16,19,22,25,28,31,33-65H2,1-5H3/b11-9-,17-15-,20-18-,23-21-,26-24-,29-27-,32-30-. The first kappa shape index (κ1) is 75.5. The first-order chi connectivity index (χ1) is 38.6. The minimum Gasteiger partial charge on any atom is -0.545 e. The van der Waals surface area contributed by atoms with Crippen LogP contribution in [0.2, 0.25) is 0 Å². The van der Waals surface area contributed by atoms with E-state index in [-0.39, 0.29) is 38.6 Å². The number of carboxylic acid groups (broad SMARTS) is 1. The molecule has 0 N–H and O–H groups in total. The van der Waals surface area contributed by atoms with Gasteiger partial charge in [-0.1, -0.05) is 266 Å². The molecule has 0 heterocycles. The molecule has 0 saturated carbocycles. The highest BCUT2D eigenvalue weighted by molar-refractivity contribution is 5.70. The average Bonchev–Trinajstić information content (AvgIpc) is 3.42. The third kappa shape index (κ3) is 61.9. The van der Waals surface area contributed by atoms with Crippen molar-refractivity contribution < 1.29 is 42.9 Å². The second-order valence-electron chi connectivity index (χ2n) is 23.0. The minimum atomic E-state index is -1.63. The molecule has 0 bridgehead atoms. The van der Waals surface area contributed by atoms with E-state index >= 15 is 0 Å². The maximum absolute atomic E-state index is 12.9. The predicted octanol–water partition coefficient (Wildman–Crippen LogP) is 18.6. The molecular weight excluding hydrogens is 983 g/mol. The van der Waals surface area contributed by atoms with Crippen molar-refractivity contribution in [3.8, 4) is 0 Å². The van der Waals surface area contributed by atoms with Gasteiger partial charge in [0.2, 0.25) is 0 Å².